The molecule has 0 aromatic rings. The zero-order chi connectivity index (χ0) is 12.3. The second-order valence-corrected chi connectivity index (χ2v) is 5.75. The molecule has 0 aliphatic carbocycles. The smallest absolute Gasteiger partial charge is 0.315 e. The van der Waals surface area contributed by atoms with Gasteiger partial charge in [0.05, 0.1) is 4.99 Å². The molecule has 0 aromatic carbocycles. The SMILES string of the molecule is CC(C)(C)NC(=O)NCC(C)(C)C(N)=S. The van der Waals surface area contributed by atoms with Crippen LogP contribution < -0.4 is 16.4 Å². The Balaban J connectivity index is 4.07. The Bertz CT molecular complexity index is 256. The highest BCUT2D eigenvalue weighted by atomic mass is 32.1. The summed E-state index contributed by atoms with van der Waals surface area (Å²) < 4.78 is 0. The Hall–Kier alpha value is -0.840. The number of amides is 2. The summed E-state index contributed by atoms with van der Waals surface area (Å²) in [4.78, 5) is 11.8. The summed E-state index contributed by atoms with van der Waals surface area (Å²) >= 11 is 4.90. The molecule has 0 saturated carbocycles. The van der Waals surface area contributed by atoms with E-state index in [1.54, 1.807) is 0 Å². The van der Waals surface area contributed by atoms with Crippen LogP contribution in [0.25, 0.3) is 0 Å². The molecule has 0 heterocycles. The first-order valence-corrected chi connectivity index (χ1v) is 5.31. The van der Waals surface area contributed by atoms with Crippen molar-refractivity contribution in [1.29, 1.82) is 0 Å². The monoisotopic (exact) mass is 231 g/mol. The van der Waals surface area contributed by atoms with Crippen LogP contribution in [0.4, 0.5) is 4.79 Å². The van der Waals surface area contributed by atoms with Crippen molar-refractivity contribution in [2.45, 2.75) is 40.2 Å². The van der Waals surface area contributed by atoms with Crippen molar-refractivity contribution < 1.29 is 4.79 Å². The maximum atomic E-state index is 11.4. The lowest BCUT2D eigenvalue weighted by Gasteiger charge is -2.26. The van der Waals surface area contributed by atoms with Crippen molar-refractivity contribution in [3.63, 3.8) is 0 Å². The average molecular weight is 231 g/mol. The predicted octanol–water partition coefficient (Wildman–Crippen LogP) is 1.40. The molecule has 0 bridgehead atoms. The summed E-state index contributed by atoms with van der Waals surface area (Å²) in [7, 11) is 0. The van der Waals surface area contributed by atoms with Crippen molar-refractivity contribution >= 4 is 23.2 Å². The van der Waals surface area contributed by atoms with Crippen molar-refractivity contribution in [2.24, 2.45) is 11.1 Å². The van der Waals surface area contributed by atoms with Crippen LogP contribution in [0.1, 0.15) is 34.6 Å². The summed E-state index contributed by atoms with van der Waals surface area (Å²) in [5.74, 6) is 0. The van der Waals surface area contributed by atoms with E-state index in [9.17, 15) is 4.79 Å². The first-order valence-electron chi connectivity index (χ1n) is 4.90. The van der Waals surface area contributed by atoms with E-state index in [4.69, 9.17) is 18.0 Å². The van der Waals surface area contributed by atoms with Gasteiger partial charge in [-0.05, 0) is 20.8 Å². The van der Waals surface area contributed by atoms with Gasteiger partial charge in [0.2, 0.25) is 0 Å². The van der Waals surface area contributed by atoms with Crippen LogP contribution in [-0.2, 0) is 0 Å². The molecule has 0 unspecified atom stereocenters. The van der Waals surface area contributed by atoms with E-state index in [0.29, 0.717) is 11.5 Å². The molecule has 88 valence electrons. The number of hydrogen-bond acceptors (Lipinski definition) is 2. The van der Waals surface area contributed by atoms with Gasteiger partial charge in [0.25, 0.3) is 0 Å². The minimum atomic E-state index is -0.357. The average Bonchev–Trinajstić information content (AvgIpc) is 1.97. The Morgan fingerprint density at radius 1 is 1.27 bits per heavy atom. The van der Waals surface area contributed by atoms with Gasteiger partial charge >= 0.3 is 6.03 Å². The molecule has 0 spiro atoms. The molecule has 0 aliphatic rings. The number of carbonyl (C=O) groups excluding carboxylic acids is 1. The third kappa shape index (κ3) is 6.28. The van der Waals surface area contributed by atoms with Gasteiger partial charge in [-0.2, -0.15) is 0 Å². The molecule has 4 nitrogen and oxygen atoms in total. The second kappa shape index (κ2) is 4.79. The Morgan fingerprint density at radius 3 is 2.07 bits per heavy atom. The molecule has 0 atom stereocenters. The number of rotatable bonds is 3. The fourth-order valence-corrected chi connectivity index (χ4v) is 0.845. The topological polar surface area (TPSA) is 67.2 Å². The summed E-state index contributed by atoms with van der Waals surface area (Å²) in [5.41, 5.74) is 4.95. The maximum absolute atomic E-state index is 11.4. The summed E-state index contributed by atoms with van der Waals surface area (Å²) in [6, 6.07) is -0.202. The van der Waals surface area contributed by atoms with Gasteiger partial charge in [-0.15, -0.1) is 0 Å². The number of thiocarbonyl (C=S) groups is 1. The third-order valence-corrected chi connectivity index (χ3v) is 2.40. The molecule has 0 aromatic heterocycles. The molecule has 0 rings (SSSR count). The largest absolute Gasteiger partial charge is 0.393 e. The van der Waals surface area contributed by atoms with E-state index in [1.807, 2.05) is 34.6 Å². The first kappa shape index (κ1) is 14.2. The van der Waals surface area contributed by atoms with Crippen molar-refractivity contribution in [1.82, 2.24) is 10.6 Å². The lowest BCUT2D eigenvalue weighted by atomic mass is 9.94. The Labute approximate surface area is 97.0 Å². The van der Waals surface area contributed by atoms with Crippen LogP contribution in [0.15, 0.2) is 0 Å². The summed E-state index contributed by atoms with van der Waals surface area (Å²) in [5, 5.41) is 5.54. The van der Waals surface area contributed by atoms with E-state index >= 15 is 0 Å². The molecule has 0 fully saturated rings. The second-order valence-electron chi connectivity index (χ2n) is 5.31. The van der Waals surface area contributed by atoms with Crippen molar-refractivity contribution in [3.8, 4) is 0 Å². The third-order valence-electron chi connectivity index (χ3n) is 1.85. The zero-order valence-electron chi connectivity index (χ0n) is 10.1. The molecular weight excluding hydrogens is 210 g/mol. The molecule has 15 heavy (non-hydrogen) atoms. The van der Waals surface area contributed by atoms with Crippen LogP contribution in [0.3, 0.4) is 0 Å². The van der Waals surface area contributed by atoms with Crippen LogP contribution in [0, 0.1) is 5.41 Å². The molecular formula is C10H21N3OS. The molecule has 0 saturated heterocycles. The number of nitrogens with one attached hydrogen (secondary N) is 2. The van der Waals surface area contributed by atoms with Gasteiger partial charge < -0.3 is 16.4 Å². The minimum Gasteiger partial charge on any atom is -0.393 e. The predicted molar refractivity (Wildman–Crippen MR) is 66.9 cm³/mol. The van der Waals surface area contributed by atoms with Gasteiger partial charge in [0.1, 0.15) is 0 Å². The van der Waals surface area contributed by atoms with Gasteiger partial charge in [-0.25, -0.2) is 4.79 Å². The van der Waals surface area contributed by atoms with Gasteiger partial charge in [0, 0.05) is 17.5 Å². The van der Waals surface area contributed by atoms with E-state index in [2.05, 4.69) is 10.6 Å². The lowest BCUT2D eigenvalue weighted by Crippen LogP contribution is -2.50. The molecule has 0 radical (unpaired) electrons. The molecule has 5 heteroatoms. The molecule has 0 aliphatic heterocycles. The van der Waals surface area contributed by atoms with E-state index in [-0.39, 0.29) is 17.0 Å². The van der Waals surface area contributed by atoms with Gasteiger partial charge in [-0.3, -0.25) is 0 Å². The number of urea groups is 1. The van der Waals surface area contributed by atoms with Crippen LogP contribution in [-0.4, -0.2) is 23.1 Å². The number of carbonyl (C=O) groups is 1. The Kier molecular flexibility index (Phi) is 4.52. The van der Waals surface area contributed by atoms with Crippen molar-refractivity contribution in [3.05, 3.63) is 0 Å². The molecule has 4 N–H and O–H groups in total. The fourth-order valence-electron chi connectivity index (χ4n) is 0.773. The highest BCUT2D eigenvalue weighted by Crippen LogP contribution is 2.13. The highest BCUT2D eigenvalue weighted by Gasteiger charge is 2.23. The first-order chi connectivity index (χ1) is 6.54. The highest BCUT2D eigenvalue weighted by molar-refractivity contribution is 7.80. The van der Waals surface area contributed by atoms with Crippen LogP contribution in [0.2, 0.25) is 0 Å². The standard InChI is InChI=1S/C10H21N3OS/c1-9(2,3)13-8(14)12-6-10(4,5)7(11)15/h6H2,1-5H3,(H2,11,15)(H2,12,13,14). The Morgan fingerprint density at radius 2 is 1.73 bits per heavy atom. The summed E-state index contributed by atoms with van der Waals surface area (Å²) in [6.45, 7) is 9.99. The fraction of sp³-hybridized carbons (Fsp3) is 0.800. The van der Waals surface area contributed by atoms with Crippen LogP contribution in [0.5, 0.6) is 0 Å². The molecule has 2 amide bonds. The van der Waals surface area contributed by atoms with E-state index < -0.39 is 0 Å². The van der Waals surface area contributed by atoms with E-state index in [1.165, 1.54) is 0 Å². The summed E-state index contributed by atoms with van der Waals surface area (Å²) in [6.07, 6.45) is 0. The van der Waals surface area contributed by atoms with E-state index in [0.717, 1.165) is 0 Å². The number of nitrogens with two attached hydrogens (primary N) is 1. The van der Waals surface area contributed by atoms with Crippen LogP contribution >= 0.6 is 12.2 Å². The van der Waals surface area contributed by atoms with Crippen molar-refractivity contribution in [2.75, 3.05) is 6.54 Å². The lowest BCUT2D eigenvalue weighted by molar-refractivity contribution is 0.229. The number of hydrogen-bond donors (Lipinski definition) is 3. The minimum absolute atomic E-state index is 0.202. The zero-order valence-corrected chi connectivity index (χ0v) is 10.9. The maximum Gasteiger partial charge on any atom is 0.315 e. The van der Waals surface area contributed by atoms with Gasteiger partial charge in [0.15, 0.2) is 0 Å². The normalized spacial score (nSPS) is 12.1. The van der Waals surface area contributed by atoms with Gasteiger partial charge in [-0.1, -0.05) is 26.1 Å². The quantitative estimate of drug-likeness (QED) is 0.643.